The molecule has 0 aromatic heterocycles. The lowest BCUT2D eigenvalue weighted by Gasteiger charge is -2.12. The molecule has 1 amide bonds. The smallest absolute Gasteiger partial charge is 0.269 e. The van der Waals surface area contributed by atoms with Gasteiger partial charge in [-0.15, -0.1) is 0 Å². The van der Waals surface area contributed by atoms with Gasteiger partial charge < -0.3 is 4.74 Å². The van der Waals surface area contributed by atoms with E-state index in [0.717, 1.165) is 15.6 Å². The molecule has 2 aromatic rings. The highest BCUT2D eigenvalue weighted by molar-refractivity contribution is 9.10. The average molecular weight is 490 g/mol. The summed E-state index contributed by atoms with van der Waals surface area (Å²) < 4.78 is 6.82. The Morgan fingerprint density at radius 1 is 1.23 bits per heavy atom. The number of non-ortho nitro benzene ring substituents is 1. The van der Waals surface area contributed by atoms with Crippen LogP contribution in [0.15, 0.2) is 56.8 Å². The van der Waals surface area contributed by atoms with E-state index in [9.17, 15) is 14.9 Å². The molecule has 1 aliphatic heterocycles. The van der Waals surface area contributed by atoms with Gasteiger partial charge in [0.25, 0.3) is 11.6 Å². The van der Waals surface area contributed by atoms with Crippen LogP contribution in [-0.4, -0.2) is 34.0 Å². The summed E-state index contributed by atoms with van der Waals surface area (Å²) >= 11 is 4.82. The van der Waals surface area contributed by atoms with Crippen molar-refractivity contribution in [2.75, 3.05) is 13.1 Å². The Labute approximate surface area is 187 Å². The number of likely N-dealkylation sites (N-methyl/N-ethyl adjacent to an activating group) is 1. The van der Waals surface area contributed by atoms with E-state index in [1.54, 1.807) is 17.0 Å². The topological polar surface area (TPSA) is 85.0 Å². The first-order chi connectivity index (χ1) is 14.4. The van der Waals surface area contributed by atoms with Crippen molar-refractivity contribution in [1.82, 2.24) is 4.90 Å². The number of thioether (sulfide) groups is 1. The molecule has 1 aliphatic rings. The summed E-state index contributed by atoms with van der Waals surface area (Å²) in [6.45, 7) is 5.28. The number of carbonyl (C=O) groups excluding carboxylic acids is 1. The van der Waals surface area contributed by atoms with Gasteiger partial charge in [-0.05, 0) is 67.6 Å². The summed E-state index contributed by atoms with van der Waals surface area (Å²) in [5.41, 5.74) is 1.61. The fourth-order valence-electron chi connectivity index (χ4n) is 2.82. The normalized spacial score (nSPS) is 16.5. The van der Waals surface area contributed by atoms with Gasteiger partial charge in [0, 0.05) is 35.3 Å². The summed E-state index contributed by atoms with van der Waals surface area (Å²) in [7, 11) is 0. The Balaban J connectivity index is 1.83. The van der Waals surface area contributed by atoms with E-state index in [0.29, 0.717) is 28.9 Å². The Hall–Kier alpha value is -2.65. The first-order valence-electron chi connectivity index (χ1n) is 9.34. The lowest BCUT2D eigenvalue weighted by atomic mass is 10.1. The van der Waals surface area contributed by atoms with E-state index in [-0.39, 0.29) is 18.2 Å². The number of halogens is 1. The number of carbonyl (C=O) groups is 1. The molecule has 0 aliphatic carbocycles. The molecule has 156 valence electrons. The molecule has 2 aromatic carbocycles. The van der Waals surface area contributed by atoms with Crippen molar-refractivity contribution in [2.24, 2.45) is 4.99 Å². The van der Waals surface area contributed by atoms with Crippen LogP contribution in [0.5, 0.6) is 5.75 Å². The number of amides is 1. The molecule has 3 rings (SSSR count). The van der Waals surface area contributed by atoms with Crippen molar-refractivity contribution in [3.05, 3.63) is 73.1 Å². The molecule has 0 bridgehead atoms. The van der Waals surface area contributed by atoms with Gasteiger partial charge in [-0.25, -0.2) is 0 Å². The summed E-state index contributed by atoms with van der Waals surface area (Å²) in [6.07, 6.45) is 1.81. The van der Waals surface area contributed by atoms with Gasteiger partial charge in [0.2, 0.25) is 0 Å². The molecule has 1 saturated heterocycles. The van der Waals surface area contributed by atoms with E-state index in [1.807, 2.05) is 38.1 Å². The van der Waals surface area contributed by atoms with Crippen molar-refractivity contribution in [3.8, 4) is 5.75 Å². The zero-order valence-corrected chi connectivity index (χ0v) is 18.9. The van der Waals surface area contributed by atoms with Crippen LogP contribution >= 0.6 is 27.7 Å². The first kappa shape index (κ1) is 22.0. The van der Waals surface area contributed by atoms with E-state index in [1.165, 1.54) is 23.9 Å². The molecule has 0 unspecified atom stereocenters. The Kier molecular flexibility index (Phi) is 7.28. The summed E-state index contributed by atoms with van der Waals surface area (Å²) in [5.74, 6) is 0.539. The first-order valence-corrected chi connectivity index (χ1v) is 11.0. The van der Waals surface area contributed by atoms with Gasteiger partial charge in [-0.1, -0.05) is 15.9 Å². The minimum atomic E-state index is -0.435. The molecular formula is C21H20BrN3O4S. The number of nitro benzene ring substituents is 1. The van der Waals surface area contributed by atoms with Gasteiger partial charge in [0.15, 0.2) is 5.17 Å². The van der Waals surface area contributed by atoms with E-state index in [2.05, 4.69) is 20.9 Å². The van der Waals surface area contributed by atoms with E-state index < -0.39 is 4.92 Å². The molecular weight excluding hydrogens is 470 g/mol. The Morgan fingerprint density at radius 3 is 2.60 bits per heavy atom. The molecule has 0 atom stereocenters. The summed E-state index contributed by atoms with van der Waals surface area (Å²) in [6, 6.07) is 11.8. The van der Waals surface area contributed by atoms with Crippen LogP contribution in [-0.2, 0) is 11.4 Å². The second-order valence-corrected chi connectivity index (χ2v) is 8.24. The number of hydrogen-bond donors (Lipinski definition) is 0. The summed E-state index contributed by atoms with van der Waals surface area (Å²) in [4.78, 5) is 29.7. The van der Waals surface area contributed by atoms with Gasteiger partial charge in [0.1, 0.15) is 12.4 Å². The third-order valence-electron chi connectivity index (χ3n) is 4.30. The Morgan fingerprint density at radius 2 is 1.97 bits per heavy atom. The number of nitro groups is 1. The van der Waals surface area contributed by atoms with E-state index >= 15 is 0 Å². The summed E-state index contributed by atoms with van der Waals surface area (Å²) in [5, 5.41) is 11.5. The molecule has 0 radical (unpaired) electrons. The maximum Gasteiger partial charge on any atom is 0.269 e. The fourth-order valence-corrected chi connectivity index (χ4v) is 4.29. The van der Waals surface area contributed by atoms with Crippen molar-refractivity contribution in [1.29, 1.82) is 0 Å². The molecule has 7 nitrogen and oxygen atoms in total. The predicted octanol–water partition coefficient (Wildman–Crippen LogP) is 5.25. The number of nitrogens with zero attached hydrogens (tertiary/aromatic N) is 3. The van der Waals surface area contributed by atoms with Crippen LogP contribution in [0.2, 0.25) is 0 Å². The Bertz CT molecular complexity index is 1020. The number of aliphatic imine (C=N–C) groups is 1. The minimum absolute atomic E-state index is 0.0367. The SMILES string of the molecule is CCN=C1S/C(=C/c2cc(Br)ccc2OCc2ccc([N+](=O)[O-])cc2)C(=O)N1CC. The monoisotopic (exact) mass is 489 g/mol. The lowest BCUT2D eigenvalue weighted by Crippen LogP contribution is -2.28. The second-order valence-electron chi connectivity index (χ2n) is 6.31. The standard InChI is InChI=1S/C21H20BrN3O4S/c1-3-23-21-24(4-2)20(26)19(30-21)12-15-11-16(22)7-10-18(15)29-13-14-5-8-17(9-6-14)25(27)28/h5-12H,3-4,13H2,1-2H3/b19-12+,23-21?. The molecule has 0 saturated carbocycles. The van der Waals surface area contributed by atoms with Crippen LogP contribution in [0.1, 0.15) is 25.0 Å². The zero-order chi connectivity index (χ0) is 21.7. The third kappa shape index (κ3) is 5.09. The predicted molar refractivity (Wildman–Crippen MR) is 123 cm³/mol. The zero-order valence-electron chi connectivity index (χ0n) is 16.5. The molecule has 1 heterocycles. The highest BCUT2D eigenvalue weighted by Crippen LogP contribution is 2.35. The second kappa shape index (κ2) is 9.90. The molecule has 0 N–H and O–H groups in total. The van der Waals surface area contributed by atoms with Gasteiger partial charge in [-0.3, -0.25) is 24.8 Å². The molecule has 9 heteroatoms. The number of hydrogen-bond acceptors (Lipinski definition) is 6. The number of amidine groups is 1. The van der Waals surface area contributed by atoms with Crippen LogP contribution < -0.4 is 4.74 Å². The van der Waals surface area contributed by atoms with Crippen molar-refractivity contribution >= 4 is 50.5 Å². The lowest BCUT2D eigenvalue weighted by molar-refractivity contribution is -0.384. The van der Waals surface area contributed by atoms with Crippen molar-refractivity contribution in [2.45, 2.75) is 20.5 Å². The molecule has 30 heavy (non-hydrogen) atoms. The largest absolute Gasteiger partial charge is 0.488 e. The van der Waals surface area contributed by atoms with Crippen LogP contribution in [0.4, 0.5) is 5.69 Å². The van der Waals surface area contributed by atoms with Gasteiger partial charge >= 0.3 is 0 Å². The van der Waals surface area contributed by atoms with Crippen molar-refractivity contribution in [3.63, 3.8) is 0 Å². The van der Waals surface area contributed by atoms with Gasteiger partial charge in [0.05, 0.1) is 9.83 Å². The minimum Gasteiger partial charge on any atom is -0.488 e. The molecule has 1 fully saturated rings. The van der Waals surface area contributed by atoms with Crippen LogP contribution in [0, 0.1) is 10.1 Å². The highest BCUT2D eigenvalue weighted by Gasteiger charge is 2.32. The highest BCUT2D eigenvalue weighted by atomic mass is 79.9. The van der Waals surface area contributed by atoms with E-state index in [4.69, 9.17) is 4.74 Å². The average Bonchev–Trinajstić information content (AvgIpc) is 3.02. The number of rotatable bonds is 7. The van der Waals surface area contributed by atoms with Crippen LogP contribution in [0.25, 0.3) is 6.08 Å². The third-order valence-corrected chi connectivity index (χ3v) is 5.84. The quantitative estimate of drug-likeness (QED) is 0.301. The number of benzene rings is 2. The number of ether oxygens (including phenoxy) is 1. The van der Waals surface area contributed by atoms with Gasteiger partial charge in [-0.2, -0.15) is 0 Å². The van der Waals surface area contributed by atoms with Crippen LogP contribution in [0.3, 0.4) is 0 Å². The fraction of sp³-hybridized carbons (Fsp3) is 0.238. The molecule has 0 spiro atoms. The maximum atomic E-state index is 12.7. The maximum absolute atomic E-state index is 12.7. The van der Waals surface area contributed by atoms with Crippen molar-refractivity contribution < 1.29 is 14.5 Å².